The van der Waals surface area contributed by atoms with Crippen LogP contribution in [0.3, 0.4) is 0 Å². The highest BCUT2D eigenvalue weighted by Gasteiger charge is 2.27. The van der Waals surface area contributed by atoms with E-state index in [9.17, 15) is 9.59 Å². The van der Waals surface area contributed by atoms with E-state index in [2.05, 4.69) is 10.6 Å². The van der Waals surface area contributed by atoms with Gasteiger partial charge in [0.15, 0.2) is 0 Å². The number of rotatable bonds is 1. The first-order valence-corrected chi connectivity index (χ1v) is 6.69. The second kappa shape index (κ2) is 5.53. The fourth-order valence-electron chi connectivity index (χ4n) is 2.11. The molecule has 0 bridgehead atoms. The minimum atomic E-state index is -0.603. The average Bonchev–Trinajstić information content (AvgIpc) is 2.48. The molecule has 5 heteroatoms. The van der Waals surface area contributed by atoms with E-state index in [-0.39, 0.29) is 5.91 Å². The molecule has 108 valence electrons. The molecule has 2 N–H and O–H groups in total. The lowest BCUT2D eigenvalue weighted by molar-refractivity contribution is -0.123. The molecule has 2 rings (SSSR count). The highest BCUT2D eigenvalue weighted by molar-refractivity contribution is 5.86. The molecular formula is C15H20N2O3. The van der Waals surface area contributed by atoms with Crippen LogP contribution in [0.2, 0.25) is 0 Å². The lowest BCUT2D eigenvalue weighted by atomic mass is 10.0. The Kier molecular flexibility index (Phi) is 3.97. The molecule has 2 amide bonds. The summed E-state index contributed by atoms with van der Waals surface area (Å²) in [6.07, 6.45) is -0.0987. The quantitative estimate of drug-likeness (QED) is 0.821. The van der Waals surface area contributed by atoms with Crippen LogP contribution in [-0.4, -0.2) is 23.6 Å². The molecule has 0 radical (unpaired) electrons. The maximum Gasteiger partial charge on any atom is 0.408 e. The molecule has 5 nitrogen and oxygen atoms in total. The van der Waals surface area contributed by atoms with Gasteiger partial charge in [-0.2, -0.15) is 0 Å². The van der Waals surface area contributed by atoms with Crippen LogP contribution in [0.5, 0.6) is 0 Å². The third kappa shape index (κ3) is 3.73. The second-order valence-electron chi connectivity index (χ2n) is 5.89. The highest BCUT2D eigenvalue weighted by atomic mass is 16.6. The van der Waals surface area contributed by atoms with Gasteiger partial charge in [0.05, 0.1) is 0 Å². The Bertz CT molecular complexity index is 520. The first-order chi connectivity index (χ1) is 9.35. The number of amides is 2. The summed E-state index contributed by atoms with van der Waals surface area (Å²) in [5.41, 5.74) is 1.56. The Morgan fingerprint density at radius 2 is 1.95 bits per heavy atom. The fraction of sp³-hybridized carbons (Fsp3) is 0.467. The number of ether oxygens (including phenoxy) is 1. The smallest absolute Gasteiger partial charge is 0.408 e. The minimum absolute atomic E-state index is 0.188. The van der Waals surface area contributed by atoms with Crippen molar-refractivity contribution in [3.8, 4) is 0 Å². The normalized spacial score (nSPS) is 18.6. The number of hydrogen-bond donors (Lipinski definition) is 2. The van der Waals surface area contributed by atoms with Gasteiger partial charge in [-0.05, 0) is 31.9 Å². The Labute approximate surface area is 118 Å². The maximum atomic E-state index is 12.0. The zero-order chi connectivity index (χ0) is 14.8. The molecular weight excluding hydrogens is 256 g/mol. The van der Waals surface area contributed by atoms with Crippen molar-refractivity contribution in [3.05, 3.63) is 35.4 Å². The van der Waals surface area contributed by atoms with Crippen LogP contribution in [0.15, 0.2) is 24.3 Å². The Hall–Kier alpha value is -2.04. The first kappa shape index (κ1) is 14.4. The SMILES string of the molecule is CC(C)(C)OC(=O)N[C@@H]1Cc2ccccc2CNC1=O. The number of alkyl carbamates (subject to hydrolysis) is 1. The Morgan fingerprint density at radius 1 is 1.30 bits per heavy atom. The molecule has 1 aliphatic heterocycles. The van der Waals surface area contributed by atoms with E-state index in [0.29, 0.717) is 13.0 Å². The Morgan fingerprint density at radius 3 is 2.60 bits per heavy atom. The zero-order valence-electron chi connectivity index (χ0n) is 12.0. The average molecular weight is 276 g/mol. The summed E-state index contributed by atoms with van der Waals surface area (Å²) >= 11 is 0. The minimum Gasteiger partial charge on any atom is -0.444 e. The van der Waals surface area contributed by atoms with E-state index in [1.54, 1.807) is 20.8 Å². The van der Waals surface area contributed by atoms with Gasteiger partial charge in [0.1, 0.15) is 11.6 Å². The zero-order valence-corrected chi connectivity index (χ0v) is 12.0. The second-order valence-corrected chi connectivity index (χ2v) is 5.89. The van der Waals surface area contributed by atoms with Crippen LogP contribution in [-0.2, 0) is 22.5 Å². The van der Waals surface area contributed by atoms with Crippen molar-refractivity contribution in [1.82, 2.24) is 10.6 Å². The van der Waals surface area contributed by atoms with Gasteiger partial charge in [-0.1, -0.05) is 24.3 Å². The van der Waals surface area contributed by atoms with Crippen LogP contribution in [0.4, 0.5) is 4.79 Å². The van der Waals surface area contributed by atoms with Crippen LogP contribution in [0.25, 0.3) is 0 Å². The predicted molar refractivity (Wildman–Crippen MR) is 75.2 cm³/mol. The summed E-state index contributed by atoms with van der Waals surface area (Å²) in [4.78, 5) is 23.8. The van der Waals surface area contributed by atoms with Gasteiger partial charge in [0.2, 0.25) is 5.91 Å². The first-order valence-electron chi connectivity index (χ1n) is 6.69. The predicted octanol–water partition coefficient (Wildman–Crippen LogP) is 1.75. The van der Waals surface area contributed by atoms with Crippen molar-refractivity contribution in [3.63, 3.8) is 0 Å². The Balaban J connectivity index is 2.08. The molecule has 0 spiro atoms. The van der Waals surface area contributed by atoms with Gasteiger partial charge in [-0.25, -0.2) is 4.79 Å². The number of fused-ring (bicyclic) bond motifs is 1. The van der Waals surface area contributed by atoms with E-state index in [4.69, 9.17) is 4.74 Å². The number of nitrogens with one attached hydrogen (secondary N) is 2. The molecule has 0 unspecified atom stereocenters. The number of benzene rings is 1. The van der Waals surface area contributed by atoms with Crippen LogP contribution < -0.4 is 10.6 Å². The van der Waals surface area contributed by atoms with Crippen molar-refractivity contribution < 1.29 is 14.3 Å². The van der Waals surface area contributed by atoms with E-state index >= 15 is 0 Å². The van der Waals surface area contributed by atoms with Crippen LogP contribution >= 0.6 is 0 Å². The molecule has 0 fully saturated rings. The molecule has 0 aliphatic carbocycles. The van der Waals surface area contributed by atoms with Crippen LogP contribution in [0.1, 0.15) is 31.9 Å². The highest BCUT2D eigenvalue weighted by Crippen LogP contribution is 2.15. The molecule has 1 atom stereocenters. The fourth-order valence-corrected chi connectivity index (χ4v) is 2.11. The molecule has 0 aromatic heterocycles. The summed E-state index contributed by atoms with van der Waals surface area (Å²) in [6, 6.07) is 7.21. The molecule has 1 aromatic rings. The number of carbonyl (C=O) groups excluding carboxylic acids is 2. The molecule has 20 heavy (non-hydrogen) atoms. The van der Waals surface area contributed by atoms with Gasteiger partial charge >= 0.3 is 6.09 Å². The van der Waals surface area contributed by atoms with Crippen molar-refractivity contribution in [2.75, 3.05) is 0 Å². The molecule has 1 aromatic carbocycles. The van der Waals surface area contributed by atoms with Gasteiger partial charge in [-0.3, -0.25) is 4.79 Å². The van der Waals surface area contributed by atoms with E-state index < -0.39 is 17.7 Å². The lowest BCUT2D eigenvalue weighted by Gasteiger charge is -2.22. The molecule has 1 aliphatic rings. The van der Waals surface area contributed by atoms with Crippen LogP contribution in [0, 0.1) is 0 Å². The standard InChI is InChI=1S/C15H20N2O3/c1-15(2,3)20-14(19)17-12-8-10-6-4-5-7-11(10)9-16-13(12)18/h4-7,12H,8-9H2,1-3H3,(H,16,18)(H,17,19)/t12-/m1/s1. The van der Waals surface area contributed by atoms with Crippen molar-refractivity contribution in [2.45, 2.75) is 45.4 Å². The molecule has 0 saturated carbocycles. The van der Waals surface area contributed by atoms with Crippen molar-refractivity contribution in [2.24, 2.45) is 0 Å². The third-order valence-electron chi connectivity index (χ3n) is 3.00. The summed E-state index contributed by atoms with van der Waals surface area (Å²) < 4.78 is 5.19. The van der Waals surface area contributed by atoms with Gasteiger partial charge in [-0.15, -0.1) is 0 Å². The largest absolute Gasteiger partial charge is 0.444 e. The molecule has 1 heterocycles. The van der Waals surface area contributed by atoms with E-state index in [1.165, 1.54) is 0 Å². The van der Waals surface area contributed by atoms with Gasteiger partial charge < -0.3 is 15.4 Å². The maximum absolute atomic E-state index is 12.0. The number of carbonyl (C=O) groups is 2. The summed E-state index contributed by atoms with van der Waals surface area (Å²) in [7, 11) is 0. The van der Waals surface area contributed by atoms with Gasteiger partial charge in [0, 0.05) is 13.0 Å². The van der Waals surface area contributed by atoms with E-state index in [0.717, 1.165) is 11.1 Å². The van der Waals surface area contributed by atoms with Crippen molar-refractivity contribution in [1.29, 1.82) is 0 Å². The summed E-state index contributed by atoms with van der Waals surface area (Å²) in [5.74, 6) is -0.188. The summed E-state index contributed by atoms with van der Waals surface area (Å²) in [6.45, 7) is 5.85. The van der Waals surface area contributed by atoms with Crippen molar-refractivity contribution >= 4 is 12.0 Å². The monoisotopic (exact) mass is 276 g/mol. The lowest BCUT2D eigenvalue weighted by Crippen LogP contribution is -2.48. The summed E-state index contributed by atoms with van der Waals surface area (Å²) in [5, 5.41) is 5.44. The number of hydrogen-bond acceptors (Lipinski definition) is 3. The molecule has 0 saturated heterocycles. The van der Waals surface area contributed by atoms with Gasteiger partial charge in [0.25, 0.3) is 0 Å². The topological polar surface area (TPSA) is 67.4 Å². The van der Waals surface area contributed by atoms with E-state index in [1.807, 2.05) is 24.3 Å². The third-order valence-corrected chi connectivity index (χ3v) is 3.00.